The predicted octanol–water partition coefficient (Wildman–Crippen LogP) is 1.72. The van der Waals surface area contributed by atoms with Gasteiger partial charge < -0.3 is 4.90 Å². The van der Waals surface area contributed by atoms with Crippen LogP contribution in [0.2, 0.25) is 0 Å². The Morgan fingerprint density at radius 3 is 2.87 bits per heavy atom. The van der Waals surface area contributed by atoms with Crippen molar-refractivity contribution in [2.45, 2.75) is 44.7 Å². The summed E-state index contributed by atoms with van der Waals surface area (Å²) in [6.07, 6.45) is 11.0. The molecule has 122 valence electrons. The van der Waals surface area contributed by atoms with Crippen LogP contribution in [-0.2, 0) is 18.4 Å². The second kappa shape index (κ2) is 5.51. The minimum absolute atomic E-state index is 0.152. The highest BCUT2D eigenvalue weighted by molar-refractivity contribution is 5.83. The minimum Gasteiger partial charge on any atom is -0.338 e. The number of carbonyl (C=O) groups excluding carboxylic acids is 1. The summed E-state index contributed by atoms with van der Waals surface area (Å²) in [4.78, 5) is 15.0. The van der Waals surface area contributed by atoms with Crippen molar-refractivity contribution in [1.82, 2.24) is 24.5 Å². The van der Waals surface area contributed by atoms with Gasteiger partial charge >= 0.3 is 0 Å². The zero-order valence-electron chi connectivity index (χ0n) is 13.7. The molecule has 0 spiro atoms. The molecule has 1 aliphatic carbocycles. The molecule has 0 unspecified atom stereocenters. The fourth-order valence-corrected chi connectivity index (χ4v) is 3.78. The first-order valence-corrected chi connectivity index (χ1v) is 8.40. The SMILES string of the molecule is Cc1cnn(C[C@@H]2CCCN2C(=O)[C@H]2C[C@H]2c2cnn(C)c2)c1. The van der Waals surface area contributed by atoms with Gasteiger partial charge in [-0.25, -0.2) is 0 Å². The fraction of sp³-hybridized carbons (Fsp3) is 0.588. The van der Waals surface area contributed by atoms with Crippen molar-refractivity contribution in [1.29, 1.82) is 0 Å². The van der Waals surface area contributed by atoms with E-state index in [0.29, 0.717) is 11.8 Å². The second-order valence-corrected chi connectivity index (χ2v) is 6.96. The molecule has 1 saturated carbocycles. The van der Waals surface area contributed by atoms with Crippen molar-refractivity contribution in [2.24, 2.45) is 13.0 Å². The standard InChI is InChI=1S/C17H23N5O/c1-12-7-19-21(9-12)11-14-4-3-5-22(14)17(23)16-6-15(16)13-8-18-20(2)10-13/h7-10,14-16H,3-6,11H2,1-2H3/t14-,15-,16-/m0/s1. The molecule has 2 aromatic rings. The zero-order valence-corrected chi connectivity index (χ0v) is 13.7. The van der Waals surface area contributed by atoms with Gasteiger partial charge in [-0.2, -0.15) is 10.2 Å². The molecule has 0 N–H and O–H groups in total. The molecule has 2 aromatic heterocycles. The molecule has 6 heteroatoms. The topological polar surface area (TPSA) is 56.0 Å². The Morgan fingerprint density at radius 1 is 1.30 bits per heavy atom. The summed E-state index contributed by atoms with van der Waals surface area (Å²) in [5, 5.41) is 8.59. The van der Waals surface area contributed by atoms with E-state index < -0.39 is 0 Å². The highest BCUT2D eigenvalue weighted by atomic mass is 16.2. The van der Waals surface area contributed by atoms with E-state index in [1.165, 1.54) is 11.1 Å². The molecule has 1 aliphatic heterocycles. The van der Waals surface area contributed by atoms with Crippen LogP contribution >= 0.6 is 0 Å². The maximum atomic E-state index is 12.9. The Labute approximate surface area is 136 Å². The number of hydrogen-bond donors (Lipinski definition) is 0. The van der Waals surface area contributed by atoms with Crippen LogP contribution in [0.5, 0.6) is 0 Å². The lowest BCUT2D eigenvalue weighted by Crippen LogP contribution is -2.39. The lowest BCUT2D eigenvalue weighted by Gasteiger charge is -2.25. The first-order chi connectivity index (χ1) is 11.1. The van der Waals surface area contributed by atoms with E-state index in [4.69, 9.17) is 0 Å². The molecular formula is C17H23N5O. The van der Waals surface area contributed by atoms with E-state index in [1.807, 2.05) is 41.9 Å². The summed E-state index contributed by atoms with van der Waals surface area (Å²) in [5.41, 5.74) is 2.36. The van der Waals surface area contributed by atoms with Crippen molar-refractivity contribution in [3.05, 3.63) is 35.9 Å². The monoisotopic (exact) mass is 313 g/mol. The predicted molar refractivity (Wildman–Crippen MR) is 85.8 cm³/mol. The van der Waals surface area contributed by atoms with Crippen molar-refractivity contribution >= 4 is 5.91 Å². The number of rotatable bonds is 4. The van der Waals surface area contributed by atoms with Gasteiger partial charge in [0.2, 0.25) is 5.91 Å². The summed E-state index contributed by atoms with van der Waals surface area (Å²) < 4.78 is 3.78. The Bertz CT molecular complexity index is 718. The molecule has 3 atom stereocenters. The summed E-state index contributed by atoms with van der Waals surface area (Å²) in [6, 6.07) is 0.289. The molecular weight excluding hydrogens is 290 g/mol. The van der Waals surface area contributed by atoms with E-state index >= 15 is 0 Å². The molecule has 3 heterocycles. The van der Waals surface area contributed by atoms with Gasteiger partial charge in [-0.3, -0.25) is 14.2 Å². The number of amides is 1. The third-order valence-corrected chi connectivity index (χ3v) is 5.08. The molecule has 4 rings (SSSR count). The first kappa shape index (κ1) is 14.5. The third-order valence-electron chi connectivity index (χ3n) is 5.08. The molecule has 1 amide bonds. The van der Waals surface area contributed by atoms with Gasteiger partial charge in [0.15, 0.2) is 0 Å². The van der Waals surface area contributed by atoms with E-state index in [-0.39, 0.29) is 12.0 Å². The number of nitrogens with zero attached hydrogens (tertiary/aromatic N) is 5. The van der Waals surface area contributed by atoms with E-state index in [1.54, 1.807) is 0 Å². The highest BCUT2D eigenvalue weighted by Gasteiger charge is 2.48. The molecule has 1 saturated heterocycles. The van der Waals surface area contributed by atoms with Gasteiger partial charge in [0, 0.05) is 31.9 Å². The molecule has 6 nitrogen and oxygen atoms in total. The molecule has 23 heavy (non-hydrogen) atoms. The van der Waals surface area contributed by atoms with E-state index in [2.05, 4.69) is 21.3 Å². The van der Waals surface area contributed by atoms with Crippen LogP contribution < -0.4 is 0 Å². The summed E-state index contributed by atoms with van der Waals surface area (Å²) in [5.74, 6) is 0.841. The maximum absolute atomic E-state index is 12.9. The first-order valence-electron chi connectivity index (χ1n) is 8.40. The van der Waals surface area contributed by atoms with Gasteiger partial charge in [-0.15, -0.1) is 0 Å². The largest absolute Gasteiger partial charge is 0.338 e. The van der Waals surface area contributed by atoms with Crippen LogP contribution in [0.4, 0.5) is 0 Å². The number of likely N-dealkylation sites (tertiary alicyclic amines) is 1. The minimum atomic E-state index is 0.152. The molecule has 0 aromatic carbocycles. The number of aryl methyl sites for hydroxylation is 2. The summed E-state index contributed by atoms with van der Waals surface area (Å²) in [6.45, 7) is 3.74. The van der Waals surface area contributed by atoms with Gasteiger partial charge in [0.1, 0.15) is 0 Å². The smallest absolute Gasteiger partial charge is 0.226 e. The van der Waals surface area contributed by atoms with Crippen LogP contribution in [0.1, 0.15) is 36.3 Å². The van der Waals surface area contributed by atoms with Crippen molar-refractivity contribution in [3.63, 3.8) is 0 Å². The average Bonchev–Trinajstić information content (AvgIpc) is 2.86. The molecule has 2 aliphatic rings. The van der Waals surface area contributed by atoms with E-state index in [9.17, 15) is 4.79 Å². The van der Waals surface area contributed by atoms with Crippen molar-refractivity contribution < 1.29 is 4.79 Å². The van der Waals surface area contributed by atoms with Crippen LogP contribution in [0, 0.1) is 12.8 Å². The normalized spacial score (nSPS) is 26.7. The Hall–Kier alpha value is -2.11. The molecule has 0 radical (unpaired) electrons. The Balaban J connectivity index is 1.41. The molecule has 0 bridgehead atoms. The summed E-state index contributed by atoms with van der Waals surface area (Å²) >= 11 is 0. The average molecular weight is 313 g/mol. The molecule has 2 fully saturated rings. The lowest BCUT2D eigenvalue weighted by atomic mass is 10.1. The van der Waals surface area contributed by atoms with Crippen molar-refractivity contribution in [3.8, 4) is 0 Å². The number of aromatic nitrogens is 4. The second-order valence-electron chi connectivity index (χ2n) is 6.96. The van der Waals surface area contributed by atoms with Gasteiger partial charge in [0.25, 0.3) is 0 Å². The van der Waals surface area contributed by atoms with Crippen LogP contribution in [0.3, 0.4) is 0 Å². The van der Waals surface area contributed by atoms with Gasteiger partial charge in [0.05, 0.1) is 25.0 Å². The highest BCUT2D eigenvalue weighted by Crippen LogP contribution is 2.49. The Kier molecular flexibility index (Phi) is 3.47. The van der Waals surface area contributed by atoms with E-state index in [0.717, 1.165) is 32.4 Å². The van der Waals surface area contributed by atoms with Gasteiger partial charge in [-0.1, -0.05) is 0 Å². The third kappa shape index (κ3) is 2.78. The zero-order chi connectivity index (χ0) is 16.0. The van der Waals surface area contributed by atoms with Crippen LogP contribution in [-0.4, -0.2) is 43.0 Å². The Morgan fingerprint density at radius 2 is 2.17 bits per heavy atom. The van der Waals surface area contributed by atoms with Crippen LogP contribution in [0.15, 0.2) is 24.8 Å². The quantitative estimate of drug-likeness (QED) is 0.863. The van der Waals surface area contributed by atoms with Gasteiger partial charge in [-0.05, 0) is 43.2 Å². The van der Waals surface area contributed by atoms with Crippen LogP contribution in [0.25, 0.3) is 0 Å². The summed E-state index contributed by atoms with van der Waals surface area (Å²) in [7, 11) is 1.92. The number of hydrogen-bond acceptors (Lipinski definition) is 3. The number of carbonyl (C=O) groups is 1. The lowest BCUT2D eigenvalue weighted by molar-refractivity contribution is -0.133. The maximum Gasteiger partial charge on any atom is 0.226 e. The van der Waals surface area contributed by atoms with Crippen molar-refractivity contribution in [2.75, 3.05) is 6.54 Å². The fourth-order valence-electron chi connectivity index (χ4n) is 3.78.